The maximum Gasteiger partial charge on any atom is 0.255 e. The summed E-state index contributed by atoms with van der Waals surface area (Å²) in [5.74, 6) is 0.289. The van der Waals surface area contributed by atoms with E-state index in [-0.39, 0.29) is 18.6 Å². The average Bonchev–Trinajstić information content (AvgIpc) is 3.14. The van der Waals surface area contributed by atoms with Gasteiger partial charge in [0.2, 0.25) is 5.91 Å². The van der Waals surface area contributed by atoms with Crippen LogP contribution in [0.3, 0.4) is 0 Å². The van der Waals surface area contributed by atoms with Gasteiger partial charge in [-0.2, -0.15) is 0 Å². The molecule has 0 bridgehead atoms. The van der Waals surface area contributed by atoms with E-state index in [0.29, 0.717) is 18.0 Å². The number of ether oxygens (including phenoxy) is 2. The molecule has 2 amide bonds. The van der Waals surface area contributed by atoms with E-state index in [1.54, 1.807) is 30.4 Å². The van der Waals surface area contributed by atoms with Crippen LogP contribution in [-0.4, -0.2) is 41.5 Å². The minimum absolute atomic E-state index is 0.0324. The highest BCUT2D eigenvalue weighted by molar-refractivity contribution is 5.92. The van der Waals surface area contributed by atoms with Crippen LogP contribution in [0, 0.1) is 0 Å². The second kappa shape index (κ2) is 7.99. The van der Waals surface area contributed by atoms with Crippen molar-refractivity contribution in [3.63, 3.8) is 0 Å². The Hall–Kier alpha value is -3.22. The third-order valence-corrected chi connectivity index (χ3v) is 4.60. The smallest absolute Gasteiger partial charge is 0.255 e. The van der Waals surface area contributed by atoms with Gasteiger partial charge in [-0.3, -0.25) is 9.59 Å². The van der Waals surface area contributed by atoms with Crippen LogP contribution in [0.15, 0.2) is 42.6 Å². The highest BCUT2D eigenvalue weighted by Crippen LogP contribution is 2.29. The molecule has 0 saturated carbocycles. The number of benzene rings is 1. The lowest BCUT2D eigenvalue weighted by Gasteiger charge is -2.34. The van der Waals surface area contributed by atoms with Gasteiger partial charge >= 0.3 is 0 Å². The van der Waals surface area contributed by atoms with Gasteiger partial charge in [-0.1, -0.05) is 6.07 Å². The predicted molar refractivity (Wildman–Crippen MR) is 101 cm³/mol. The molecule has 2 N–H and O–H groups in total. The van der Waals surface area contributed by atoms with Crippen LogP contribution in [0.4, 0.5) is 0 Å². The third-order valence-electron chi connectivity index (χ3n) is 4.60. The maximum absolute atomic E-state index is 12.6. The molecule has 0 aliphatic carbocycles. The lowest BCUT2D eigenvalue weighted by molar-refractivity contribution is -0.129. The molecule has 7 heteroatoms. The minimum atomic E-state index is -0.562. The fourth-order valence-electron chi connectivity index (χ4n) is 3.20. The van der Waals surface area contributed by atoms with E-state index in [4.69, 9.17) is 15.2 Å². The third kappa shape index (κ3) is 4.13. The van der Waals surface area contributed by atoms with Gasteiger partial charge in [0, 0.05) is 31.1 Å². The monoisotopic (exact) mass is 369 g/mol. The van der Waals surface area contributed by atoms with Crippen molar-refractivity contribution in [2.24, 2.45) is 5.73 Å². The largest absolute Gasteiger partial charge is 0.493 e. The molecule has 7 nitrogen and oxygen atoms in total. The van der Waals surface area contributed by atoms with E-state index >= 15 is 0 Å². The van der Waals surface area contributed by atoms with E-state index in [9.17, 15) is 9.59 Å². The second-order valence-corrected chi connectivity index (χ2v) is 6.33. The van der Waals surface area contributed by atoms with E-state index in [1.807, 2.05) is 30.2 Å². The molecule has 27 heavy (non-hydrogen) atoms. The highest BCUT2D eigenvalue weighted by Gasteiger charge is 2.25. The zero-order valence-electron chi connectivity index (χ0n) is 15.4. The van der Waals surface area contributed by atoms with Gasteiger partial charge in [0.1, 0.15) is 0 Å². The van der Waals surface area contributed by atoms with Crippen LogP contribution in [0.5, 0.6) is 11.5 Å². The van der Waals surface area contributed by atoms with Crippen molar-refractivity contribution in [2.75, 3.05) is 20.3 Å². The second-order valence-electron chi connectivity index (χ2n) is 6.33. The summed E-state index contributed by atoms with van der Waals surface area (Å²) in [7, 11) is 1.51. The number of primary amides is 1. The van der Waals surface area contributed by atoms with Crippen LogP contribution in [0.1, 0.15) is 24.2 Å². The Kier molecular flexibility index (Phi) is 5.49. The fourth-order valence-corrected chi connectivity index (χ4v) is 3.20. The predicted octanol–water partition coefficient (Wildman–Crippen LogP) is 1.98. The highest BCUT2D eigenvalue weighted by atomic mass is 16.5. The van der Waals surface area contributed by atoms with Gasteiger partial charge in [0.25, 0.3) is 5.91 Å². The van der Waals surface area contributed by atoms with Crippen molar-refractivity contribution < 1.29 is 19.1 Å². The van der Waals surface area contributed by atoms with Crippen molar-refractivity contribution >= 4 is 17.9 Å². The molecular weight excluding hydrogens is 346 g/mol. The summed E-state index contributed by atoms with van der Waals surface area (Å²) in [4.78, 5) is 25.3. The number of aromatic nitrogens is 1. The van der Waals surface area contributed by atoms with E-state index < -0.39 is 5.91 Å². The number of hydrogen-bond acceptors (Lipinski definition) is 4. The molecule has 0 fully saturated rings. The first-order valence-electron chi connectivity index (χ1n) is 8.72. The lowest BCUT2D eigenvalue weighted by atomic mass is 10.1. The molecule has 1 aromatic carbocycles. The van der Waals surface area contributed by atoms with Crippen LogP contribution < -0.4 is 15.2 Å². The van der Waals surface area contributed by atoms with Crippen molar-refractivity contribution in [2.45, 2.75) is 19.5 Å². The zero-order chi connectivity index (χ0) is 19.4. The molecule has 1 aliphatic heterocycles. The Labute approximate surface area is 158 Å². The van der Waals surface area contributed by atoms with Gasteiger partial charge in [0.15, 0.2) is 18.1 Å². The number of nitrogens with two attached hydrogens (primary N) is 1. The molecule has 1 atom stereocenters. The lowest BCUT2D eigenvalue weighted by Crippen LogP contribution is -2.39. The number of nitrogens with zero attached hydrogens (tertiary/aromatic N) is 2. The molecule has 0 unspecified atom stereocenters. The van der Waals surface area contributed by atoms with Crippen molar-refractivity contribution in [3.05, 3.63) is 53.9 Å². The fraction of sp³-hybridized carbons (Fsp3) is 0.300. The number of amides is 2. The summed E-state index contributed by atoms with van der Waals surface area (Å²) in [6.07, 6.45) is 5.34. The first-order valence-corrected chi connectivity index (χ1v) is 8.72. The molecule has 142 valence electrons. The Morgan fingerprint density at radius 1 is 1.26 bits per heavy atom. The molecular formula is C20H23N3O4. The Bertz CT molecular complexity index is 872. The first kappa shape index (κ1) is 18.6. The topological polar surface area (TPSA) is 86.8 Å². The Balaban J connectivity index is 1.70. The summed E-state index contributed by atoms with van der Waals surface area (Å²) < 4.78 is 12.8. The quantitative estimate of drug-likeness (QED) is 0.789. The van der Waals surface area contributed by atoms with Gasteiger partial charge in [-0.25, -0.2) is 0 Å². The van der Waals surface area contributed by atoms with Crippen LogP contribution in [0.2, 0.25) is 0 Å². The summed E-state index contributed by atoms with van der Waals surface area (Å²) >= 11 is 0. The first-order chi connectivity index (χ1) is 13.0. The van der Waals surface area contributed by atoms with Crippen LogP contribution >= 0.6 is 0 Å². The van der Waals surface area contributed by atoms with Crippen LogP contribution in [-0.2, 0) is 16.1 Å². The molecule has 0 saturated heterocycles. The molecule has 2 aromatic rings. The summed E-state index contributed by atoms with van der Waals surface area (Å²) in [6.45, 7) is 3.28. The van der Waals surface area contributed by atoms with E-state index in [0.717, 1.165) is 17.8 Å². The number of carbonyl (C=O) groups excluding carboxylic acids is 2. The number of carbonyl (C=O) groups is 2. The van der Waals surface area contributed by atoms with E-state index in [2.05, 4.69) is 4.57 Å². The average molecular weight is 369 g/mol. The van der Waals surface area contributed by atoms with Crippen molar-refractivity contribution in [3.8, 4) is 11.5 Å². The normalized spacial score (nSPS) is 16.2. The van der Waals surface area contributed by atoms with Gasteiger partial charge in [-0.15, -0.1) is 0 Å². The molecule has 1 aliphatic rings. The Morgan fingerprint density at radius 3 is 2.81 bits per heavy atom. The van der Waals surface area contributed by atoms with Crippen LogP contribution in [0.25, 0.3) is 6.08 Å². The minimum Gasteiger partial charge on any atom is -0.493 e. The maximum atomic E-state index is 12.6. The van der Waals surface area contributed by atoms with E-state index in [1.165, 1.54) is 7.11 Å². The molecule has 0 spiro atoms. The van der Waals surface area contributed by atoms with Crippen molar-refractivity contribution in [1.29, 1.82) is 0 Å². The van der Waals surface area contributed by atoms with Gasteiger partial charge in [-0.05, 0) is 42.8 Å². The zero-order valence-corrected chi connectivity index (χ0v) is 15.4. The SMILES string of the molecule is COc1cc(/C=C/C(=O)N2CCn3cccc3[C@@H]2C)ccc1OCC(N)=O. The van der Waals surface area contributed by atoms with Gasteiger partial charge < -0.3 is 24.7 Å². The molecule has 0 radical (unpaired) electrons. The number of rotatable bonds is 6. The summed E-state index contributed by atoms with van der Waals surface area (Å²) in [5, 5.41) is 0. The molecule has 1 aromatic heterocycles. The number of hydrogen-bond donors (Lipinski definition) is 1. The summed E-state index contributed by atoms with van der Waals surface area (Å²) in [6, 6.07) is 9.29. The molecule has 2 heterocycles. The number of methoxy groups -OCH3 is 1. The summed E-state index contributed by atoms with van der Waals surface area (Å²) in [5.41, 5.74) is 7.02. The number of fused-ring (bicyclic) bond motifs is 1. The standard InChI is InChI=1S/C20H23N3O4/c1-14-16-4-3-9-22(16)10-11-23(14)20(25)8-6-15-5-7-17(18(12-15)26-2)27-13-19(21)24/h3-9,12,14H,10-11,13H2,1-2H3,(H2,21,24)/b8-6+/t14-/m0/s1. The molecule has 3 rings (SSSR count). The van der Waals surface area contributed by atoms with Gasteiger partial charge in [0.05, 0.1) is 13.2 Å². The Morgan fingerprint density at radius 2 is 2.07 bits per heavy atom. The van der Waals surface area contributed by atoms with Crippen molar-refractivity contribution in [1.82, 2.24) is 9.47 Å².